The number of amides is 1. The Balaban J connectivity index is 2.16. The summed E-state index contributed by atoms with van der Waals surface area (Å²) in [6, 6.07) is 5.12. The van der Waals surface area contributed by atoms with E-state index in [4.69, 9.17) is 39.2 Å². The molecule has 30 heavy (non-hydrogen) atoms. The third kappa shape index (κ3) is 6.03. The van der Waals surface area contributed by atoms with E-state index in [0.717, 1.165) is 10.5 Å². The second-order valence-corrected chi connectivity index (χ2v) is 10.8. The molecule has 1 aliphatic rings. The average molecular weight is 491 g/mol. The maximum atomic E-state index is 12.9. The quantitative estimate of drug-likeness (QED) is 0.207. The van der Waals surface area contributed by atoms with Crippen LogP contribution in [-0.2, 0) is 30.8 Å². The fourth-order valence-electron chi connectivity index (χ4n) is 3.01. The molecule has 0 bridgehead atoms. The lowest BCUT2D eigenvalue weighted by molar-refractivity contribution is -0.169. The van der Waals surface area contributed by atoms with Gasteiger partial charge in [0.05, 0.1) is 4.99 Å². The van der Waals surface area contributed by atoms with Crippen LogP contribution in [0.2, 0.25) is 5.02 Å². The van der Waals surface area contributed by atoms with Crippen molar-refractivity contribution in [3.8, 4) is 0 Å². The van der Waals surface area contributed by atoms with Gasteiger partial charge in [0.1, 0.15) is 21.7 Å². The van der Waals surface area contributed by atoms with Crippen molar-refractivity contribution in [2.45, 2.75) is 57.2 Å². The molecular formula is C20H24Cl2N2O4S2. The Kier molecular flexibility index (Phi) is 8.07. The molecule has 0 aliphatic carbocycles. The Labute approximate surface area is 193 Å². The SMILES string of the molecule is C=C(C)C(C(=O)OC(C)(C)C)N1C(=O)C(NC(=S)Cc2ccc(Cl)cc2)C1S(=O)Cl. The van der Waals surface area contributed by atoms with E-state index in [1.165, 1.54) is 0 Å². The Morgan fingerprint density at radius 1 is 1.37 bits per heavy atom. The van der Waals surface area contributed by atoms with Crippen molar-refractivity contribution in [2.24, 2.45) is 0 Å². The zero-order chi connectivity index (χ0) is 22.8. The smallest absolute Gasteiger partial charge is 0.333 e. The number of ether oxygens (including phenoxy) is 1. The van der Waals surface area contributed by atoms with E-state index in [1.807, 2.05) is 12.1 Å². The van der Waals surface area contributed by atoms with Crippen molar-refractivity contribution in [2.75, 3.05) is 0 Å². The molecule has 1 amide bonds. The predicted molar refractivity (Wildman–Crippen MR) is 124 cm³/mol. The number of carbonyl (C=O) groups is 2. The minimum absolute atomic E-state index is 0.369. The number of carbonyl (C=O) groups excluding carboxylic acids is 2. The summed E-state index contributed by atoms with van der Waals surface area (Å²) < 4.78 is 17.6. The lowest BCUT2D eigenvalue weighted by atomic mass is 9.98. The number of nitrogens with zero attached hydrogens (tertiary/aromatic N) is 1. The fraction of sp³-hybridized carbons (Fsp3) is 0.450. The first-order chi connectivity index (χ1) is 13.8. The second kappa shape index (κ2) is 9.77. The molecule has 1 fully saturated rings. The Morgan fingerprint density at radius 2 is 1.93 bits per heavy atom. The molecule has 1 aromatic carbocycles. The molecule has 0 saturated carbocycles. The van der Waals surface area contributed by atoms with Crippen LogP contribution < -0.4 is 5.32 Å². The molecule has 0 aromatic heterocycles. The summed E-state index contributed by atoms with van der Waals surface area (Å²) in [5, 5.41) is 2.56. The molecule has 1 saturated heterocycles. The van der Waals surface area contributed by atoms with Gasteiger partial charge in [-0.1, -0.05) is 42.5 Å². The first kappa shape index (κ1) is 24.8. The van der Waals surface area contributed by atoms with Crippen molar-refractivity contribution in [3.05, 3.63) is 47.0 Å². The van der Waals surface area contributed by atoms with Gasteiger partial charge >= 0.3 is 5.97 Å². The van der Waals surface area contributed by atoms with Crippen LogP contribution in [0.25, 0.3) is 0 Å². The van der Waals surface area contributed by atoms with Crippen LogP contribution in [0.4, 0.5) is 0 Å². The molecule has 1 N–H and O–H groups in total. The van der Waals surface area contributed by atoms with Crippen LogP contribution in [0.15, 0.2) is 36.4 Å². The highest BCUT2D eigenvalue weighted by atomic mass is 35.7. The molecule has 1 aliphatic heterocycles. The summed E-state index contributed by atoms with van der Waals surface area (Å²) in [6.45, 7) is 10.5. The van der Waals surface area contributed by atoms with Crippen molar-refractivity contribution in [1.82, 2.24) is 10.2 Å². The summed E-state index contributed by atoms with van der Waals surface area (Å²) in [4.78, 5) is 27.1. The Morgan fingerprint density at radius 3 is 2.40 bits per heavy atom. The normalized spacial score (nSPS) is 20.7. The van der Waals surface area contributed by atoms with Gasteiger partial charge in [0.2, 0.25) is 5.91 Å². The molecule has 0 radical (unpaired) electrons. The first-order valence-corrected chi connectivity index (χ1v) is 12.0. The highest BCUT2D eigenvalue weighted by Gasteiger charge is 2.56. The maximum absolute atomic E-state index is 12.9. The number of nitrogens with one attached hydrogen (secondary N) is 1. The Hall–Kier alpha value is -1.48. The fourth-order valence-corrected chi connectivity index (χ4v) is 4.80. The van der Waals surface area contributed by atoms with E-state index in [-0.39, 0.29) is 0 Å². The van der Waals surface area contributed by atoms with Gasteiger partial charge in [-0.15, -0.1) is 0 Å². The number of hydrogen-bond donors (Lipinski definition) is 1. The molecule has 2 rings (SSSR count). The van der Waals surface area contributed by atoms with E-state index < -0.39 is 44.9 Å². The molecule has 4 atom stereocenters. The van der Waals surface area contributed by atoms with Crippen LogP contribution >= 0.6 is 34.5 Å². The second-order valence-electron chi connectivity index (χ2n) is 8.02. The first-order valence-electron chi connectivity index (χ1n) is 9.13. The van der Waals surface area contributed by atoms with E-state index in [1.54, 1.807) is 39.8 Å². The van der Waals surface area contributed by atoms with Gasteiger partial charge in [-0.3, -0.25) is 4.79 Å². The number of likely N-dealkylation sites (tertiary alicyclic amines) is 1. The molecule has 1 heterocycles. The lowest BCUT2D eigenvalue weighted by Gasteiger charge is -2.48. The van der Waals surface area contributed by atoms with Gasteiger partial charge in [-0.25, -0.2) is 9.00 Å². The number of β-lactam (4-membered cyclic amide) rings is 1. The van der Waals surface area contributed by atoms with Crippen molar-refractivity contribution in [1.29, 1.82) is 0 Å². The molecule has 164 valence electrons. The number of thiocarbonyl (C=S) groups is 1. The van der Waals surface area contributed by atoms with Crippen LogP contribution in [0.5, 0.6) is 0 Å². The van der Waals surface area contributed by atoms with Crippen LogP contribution in [0.1, 0.15) is 33.3 Å². The largest absolute Gasteiger partial charge is 0.458 e. The number of esters is 1. The van der Waals surface area contributed by atoms with E-state index in [0.29, 0.717) is 22.0 Å². The minimum Gasteiger partial charge on any atom is -0.458 e. The van der Waals surface area contributed by atoms with Crippen molar-refractivity contribution >= 4 is 61.4 Å². The third-order valence-corrected chi connectivity index (χ3v) is 6.18. The summed E-state index contributed by atoms with van der Waals surface area (Å²) in [5.74, 6) is -1.11. The Bertz CT molecular complexity index is 884. The standard InChI is InChI=1S/C20H24Cl2N2O4S2/c1-11(2)16(19(26)28-20(3,4)5)24-17(25)15(18(24)30(22)27)23-14(29)10-12-6-8-13(21)9-7-12/h6-9,15-16,18H,1,10H2,2-5H3,(H,23,29). The summed E-state index contributed by atoms with van der Waals surface area (Å²) >= 11 is 11.2. The number of rotatable bonds is 7. The van der Waals surface area contributed by atoms with Crippen LogP contribution in [-0.4, -0.2) is 49.0 Å². The van der Waals surface area contributed by atoms with Crippen molar-refractivity contribution < 1.29 is 18.5 Å². The van der Waals surface area contributed by atoms with Gasteiger partial charge in [0.15, 0.2) is 11.4 Å². The number of halogens is 2. The molecule has 0 spiro atoms. The van der Waals surface area contributed by atoms with E-state index >= 15 is 0 Å². The lowest BCUT2D eigenvalue weighted by Crippen LogP contribution is -2.75. The average Bonchev–Trinajstić information content (AvgIpc) is 2.59. The van der Waals surface area contributed by atoms with Gasteiger partial charge in [0, 0.05) is 11.4 Å². The predicted octanol–water partition coefficient (Wildman–Crippen LogP) is 3.53. The van der Waals surface area contributed by atoms with Gasteiger partial charge in [0.25, 0.3) is 0 Å². The van der Waals surface area contributed by atoms with Crippen molar-refractivity contribution in [3.63, 3.8) is 0 Å². The zero-order valence-corrected chi connectivity index (χ0v) is 20.3. The molecule has 6 nitrogen and oxygen atoms in total. The molecule has 10 heteroatoms. The van der Waals surface area contributed by atoms with E-state index in [9.17, 15) is 13.8 Å². The van der Waals surface area contributed by atoms with Gasteiger partial charge in [-0.2, -0.15) is 0 Å². The topological polar surface area (TPSA) is 75.7 Å². The number of hydrogen-bond acceptors (Lipinski definition) is 5. The summed E-state index contributed by atoms with van der Waals surface area (Å²) in [5.41, 5.74) is 0.524. The van der Waals surface area contributed by atoms with Gasteiger partial charge in [-0.05, 0) is 61.6 Å². The molecule has 4 unspecified atom stereocenters. The van der Waals surface area contributed by atoms with Crippen LogP contribution in [0, 0.1) is 0 Å². The van der Waals surface area contributed by atoms with E-state index in [2.05, 4.69) is 11.9 Å². The highest BCUT2D eigenvalue weighted by Crippen LogP contribution is 2.31. The summed E-state index contributed by atoms with van der Waals surface area (Å²) in [7, 11) is 3.92. The van der Waals surface area contributed by atoms with Gasteiger partial charge < -0.3 is 15.0 Å². The summed E-state index contributed by atoms with van der Waals surface area (Å²) in [6.07, 6.45) is 0.369. The third-order valence-electron chi connectivity index (χ3n) is 4.24. The number of benzene rings is 1. The monoisotopic (exact) mass is 490 g/mol. The molecular weight excluding hydrogens is 467 g/mol. The molecule has 1 aromatic rings. The van der Waals surface area contributed by atoms with Crippen LogP contribution in [0.3, 0.4) is 0 Å². The maximum Gasteiger partial charge on any atom is 0.333 e. The highest BCUT2D eigenvalue weighted by molar-refractivity contribution is 8.08. The zero-order valence-electron chi connectivity index (χ0n) is 17.1. The minimum atomic E-state index is -1.96.